The molecule has 0 saturated heterocycles. The Labute approximate surface area is 123 Å². The van der Waals surface area contributed by atoms with E-state index in [2.05, 4.69) is 29.1 Å². The van der Waals surface area contributed by atoms with Gasteiger partial charge in [-0.15, -0.1) is 0 Å². The molecule has 0 aliphatic rings. The Hall–Kier alpha value is -2.17. The maximum Gasteiger partial charge on any atom is 0.270 e. The molecular weight excluding hydrogens is 266 g/mol. The summed E-state index contributed by atoms with van der Waals surface area (Å²) in [5.41, 5.74) is 1.65. The van der Waals surface area contributed by atoms with Gasteiger partial charge in [-0.2, -0.15) is 0 Å². The number of fused-ring (bicyclic) bond motifs is 1. The van der Waals surface area contributed by atoms with Crippen molar-refractivity contribution in [1.29, 1.82) is 0 Å². The zero-order valence-electron chi connectivity index (χ0n) is 12.5. The number of carbonyl (C=O) groups is 1. The molecule has 0 unspecified atom stereocenters. The quantitative estimate of drug-likeness (QED) is 0.853. The second kappa shape index (κ2) is 7.02. The number of para-hydroxylation sites is 2. The standard InChI is InChI=1S/C16H21N3O2/c1-11(2)9-10-17-15(20)8-7-14-16(21)19-13-6-4-3-5-12(13)18-14/h3-6,11H,7-10H2,1-2H3,(H,17,20)(H,19,21). The molecular formula is C16H21N3O2. The molecule has 0 saturated carbocycles. The third-order valence-corrected chi connectivity index (χ3v) is 3.30. The summed E-state index contributed by atoms with van der Waals surface area (Å²) in [6, 6.07) is 7.38. The van der Waals surface area contributed by atoms with Crippen molar-refractivity contribution in [3.8, 4) is 0 Å². The molecule has 21 heavy (non-hydrogen) atoms. The second-order valence-corrected chi connectivity index (χ2v) is 5.56. The van der Waals surface area contributed by atoms with Crippen molar-refractivity contribution in [2.24, 2.45) is 5.92 Å². The van der Waals surface area contributed by atoms with Gasteiger partial charge < -0.3 is 10.3 Å². The number of aromatic nitrogens is 2. The van der Waals surface area contributed by atoms with E-state index < -0.39 is 0 Å². The number of amides is 1. The third-order valence-electron chi connectivity index (χ3n) is 3.30. The first-order valence-electron chi connectivity index (χ1n) is 7.31. The Morgan fingerprint density at radius 3 is 2.86 bits per heavy atom. The minimum Gasteiger partial charge on any atom is -0.356 e. The van der Waals surface area contributed by atoms with Gasteiger partial charge >= 0.3 is 0 Å². The molecule has 112 valence electrons. The molecule has 0 aliphatic carbocycles. The first-order valence-corrected chi connectivity index (χ1v) is 7.31. The number of aryl methyl sites for hydroxylation is 1. The molecule has 0 fully saturated rings. The van der Waals surface area contributed by atoms with Gasteiger partial charge in [-0.3, -0.25) is 9.59 Å². The van der Waals surface area contributed by atoms with E-state index in [-0.39, 0.29) is 17.9 Å². The Morgan fingerprint density at radius 2 is 2.10 bits per heavy atom. The minimum atomic E-state index is -0.219. The van der Waals surface area contributed by atoms with E-state index in [0.717, 1.165) is 11.9 Å². The molecule has 2 aromatic rings. The number of carbonyl (C=O) groups excluding carboxylic acids is 1. The van der Waals surface area contributed by atoms with E-state index in [0.29, 0.717) is 30.1 Å². The van der Waals surface area contributed by atoms with E-state index in [1.807, 2.05) is 24.3 Å². The highest BCUT2D eigenvalue weighted by Crippen LogP contribution is 2.06. The molecule has 5 nitrogen and oxygen atoms in total. The molecule has 0 atom stereocenters. The zero-order chi connectivity index (χ0) is 15.2. The summed E-state index contributed by atoms with van der Waals surface area (Å²) in [4.78, 5) is 30.7. The van der Waals surface area contributed by atoms with Crippen molar-refractivity contribution in [2.75, 3.05) is 6.54 Å². The molecule has 0 aliphatic heterocycles. The van der Waals surface area contributed by atoms with Crippen LogP contribution in [-0.2, 0) is 11.2 Å². The van der Waals surface area contributed by atoms with E-state index in [1.54, 1.807) is 0 Å². The summed E-state index contributed by atoms with van der Waals surface area (Å²) in [7, 11) is 0. The molecule has 2 rings (SSSR count). The molecule has 1 aromatic heterocycles. The first kappa shape index (κ1) is 15.2. The molecule has 1 heterocycles. The summed E-state index contributed by atoms with van der Waals surface area (Å²) < 4.78 is 0. The number of hydrogen-bond donors (Lipinski definition) is 2. The predicted molar refractivity (Wildman–Crippen MR) is 83.1 cm³/mol. The summed E-state index contributed by atoms with van der Waals surface area (Å²) >= 11 is 0. The van der Waals surface area contributed by atoms with Crippen molar-refractivity contribution in [3.05, 3.63) is 40.3 Å². The molecule has 0 spiro atoms. The lowest BCUT2D eigenvalue weighted by Gasteiger charge is -2.07. The normalized spacial score (nSPS) is 11.0. The van der Waals surface area contributed by atoms with Crippen LogP contribution in [0.1, 0.15) is 32.4 Å². The van der Waals surface area contributed by atoms with Crippen LogP contribution in [0.2, 0.25) is 0 Å². The van der Waals surface area contributed by atoms with Crippen molar-refractivity contribution in [3.63, 3.8) is 0 Å². The maximum absolute atomic E-state index is 11.9. The first-order chi connectivity index (χ1) is 10.1. The van der Waals surface area contributed by atoms with Gasteiger partial charge in [0.15, 0.2) is 0 Å². The summed E-state index contributed by atoms with van der Waals surface area (Å²) in [6.45, 7) is 4.91. The van der Waals surface area contributed by atoms with Crippen LogP contribution >= 0.6 is 0 Å². The van der Waals surface area contributed by atoms with E-state index in [1.165, 1.54) is 0 Å². The number of H-pyrrole nitrogens is 1. The SMILES string of the molecule is CC(C)CCNC(=O)CCc1nc2ccccc2[nH]c1=O. The number of hydrogen-bond acceptors (Lipinski definition) is 3. The van der Waals surface area contributed by atoms with Gasteiger partial charge in [0.05, 0.1) is 11.0 Å². The molecule has 1 aromatic carbocycles. The molecule has 1 amide bonds. The second-order valence-electron chi connectivity index (χ2n) is 5.56. The van der Waals surface area contributed by atoms with Crippen molar-refractivity contribution in [2.45, 2.75) is 33.1 Å². The van der Waals surface area contributed by atoms with Gasteiger partial charge in [0.2, 0.25) is 5.91 Å². The van der Waals surface area contributed by atoms with Crippen LogP contribution in [0, 0.1) is 5.92 Å². The molecule has 5 heteroatoms. The molecule has 0 bridgehead atoms. The highest BCUT2D eigenvalue weighted by molar-refractivity contribution is 5.76. The Balaban J connectivity index is 1.95. The molecule has 2 N–H and O–H groups in total. The van der Waals surface area contributed by atoms with Gasteiger partial charge in [-0.1, -0.05) is 26.0 Å². The molecule has 0 radical (unpaired) electrons. The highest BCUT2D eigenvalue weighted by atomic mass is 16.1. The van der Waals surface area contributed by atoms with Gasteiger partial charge in [0.1, 0.15) is 5.69 Å². The van der Waals surface area contributed by atoms with Gasteiger partial charge in [-0.25, -0.2) is 4.98 Å². The van der Waals surface area contributed by atoms with E-state index in [9.17, 15) is 9.59 Å². The summed E-state index contributed by atoms with van der Waals surface area (Å²) in [6.07, 6.45) is 1.60. The van der Waals surface area contributed by atoms with Gasteiger partial charge in [0, 0.05) is 19.4 Å². The van der Waals surface area contributed by atoms with Crippen LogP contribution in [0.3, 0.4) is 0 Å². The van der Waals surface area contributed by atoms with Crippen LogP contribution in [0.25, 0.3) is 11.0 Å². The predicted octanol–water partition coefficient (Wildman–Crippen LogP) is 2.02. The van der Waals surface area contributed by atoms with Crippen LogP contribution in [0.15, 0.2) is 29.1 Å². The van der Waals surface area contributed by atoms with E-state index in [4.69, 9.17) is 0 Å². The van der Waals surface area contributed by atoms with Crippen LogP contribution in [0.5, 0.6) is 0 Å². The van der Waals surface area contributed by atoms with Gasteiger partial charge in [-0.05, 0) is 24.5 Å². The van der Waals surface area contributed by atoms with E-state index >= 15 is 0 Å². The Morgan fingerprint density at radius 1 is 1.33 bits per heavy atom. The highest BCUT2D eigenvalue weighted by Gasteiger charge is 2.08. The number of rotatable bonds is 6. The van der Waals surface area contributed by atoms with Crippen molar-refractivity contribution < 1.29 is 4.79 Å². The van der Waals surface area contributed by atoms with Crippen molar-refractivity contribution >= 4 is 16.9 Å². The number of benzene rings is 1. The third kappa shape index (κ3) is 4.41. The van der Waals surface area contributed by atoms with Crippen LogP contribution in [0.4, 0.5) is 0 Å². The smallest absolute Gasteiger partial charge is 0.270 e. The number of nitrogens with one attached hydrogen (secondary N) is 2. The number of nitrogens with zero attached hydrogens (tertiary/aromatic N) is 1. The fourth-order valence-corrected chi connectivity index (χ4v) is 2.06. The average molecular weight is 287 g/mol. The van der Waals surface area contributed by atoms with Crippen molar-refractivity contribution in [1.82, 2.24) is 15.3 Å². The monoisotopic (exact) mass is 287 g/mol. The minimum absolute atomic E-state index is 0.0370. The van der Waals surface area contributed by atoms with Crippen LogP contribution in [-0.4, -0.2) is 22.4 Å². The summed E-state index contributed by atoms with van der Waals surface area (Å²) in [5.74, 6) is 0.528. The lowest BCUT2D eigenvalue weighted by atomic mass is 10.1. The zero-order valence-corrected chi connectivity index (χ0v) is 12.5. The topological polar surface area (TPSA) is 74.8 Å². The van der Waals surface area contributed by atoms with Crippen LogP contribution < -0.4 is 10.9 Å². The maximum atomic E-state index is 11.9. The number of aromatic amines is 1. The largest absolute Gasteiger partial charge is 0.356 e. The average Bonchev–Trinajstić information content (AvgIpc) is 2.44. The Bertz CT molecular complexity index is 677. The lowest BCUT2D eigenvalue weighted by molar-refractivity contribution is -0.121. The Kier molecular flexibility index (Phi) is 5.09. The summed E-state index contributed by atoms with van der Waals surface area (Å²) in [5, 5.41) is 2.86. The fraction of sp³-hybridized carbons (Fsp3) is 0.438. The lowest BCUT2D eigenvalue weighted by Crippen LogP contribution is -2.26. The van der Waals surface area contributed by atoms with Gasteiger partial charge in [0.25, 0.3) is 5.56 Å². The fourth-order valence-electron chi connectivity index (χ4n) is 2.06.